The minimum atomic E-state index is -0.532. The maximum atomic E-state index is 11.1. The van der Waals surface area contributed by atoms with E-state index >= 15 is 0 Å². The second-order valence-electron chi connectivity index (χ2n) is 5.76. The Morgan fingerprint density at radius 2 is 2.19 bits per heavy atom. The van der Waals surface area contributed by atoms with Gasteiger partial charge in [0.1, 0.15) is 18.5 Å². The first-order valence-corrected chi connectivity index (χ1v) is 7.44. The summed E-state index contributed by atoms with van der Waals surface area (Å²) in [7, 11) is 0. The normalized spacial score (nSPS) is 18.4. The van der Waals surface area contributed by atoms with Crippen molar-refractivity contribution in [1.29, 1.82) is 0 Å². The molecule has 0 saturated carbocycles. The predicted molar refractivity (Wildman–Crippen MR) is 81.0 cm³/mol. The lowest BCUT2D eigenvalue weighted by atomic mass is 9.96. The van der Waals surface area contributed by atoms with E-state index in [2.05, 4.69) is 4.90 Å². The number of ether oxygens (including phenoxy) is 1. The van der Waals surface area contributed by atoms with Crippen LogP contribution in [0.5, 0.6) is 5.75 Å². The zero-order valence-corrected chi connectivity index (χ0v) is 12.5. The third-order valence-electron chi connectivity index (χ3n) is 3.89. The van der Waals surface area contributed by atoms with E-state index in [4.69, 9.17) is 10.5 Å². The number of rotatable bonds is 6. The third-order valence-corrected chi connectivity index (χ3v) is 3.89. The highest BCUT2D eigenvalue weighted by atomic mass is 16.5. The number of β-amino-alcohol motifs (C(OH)–C–C–N with tert-alkyl or cyclic N) is 1. The van der Waals surface area contributed by atoms with Crippen LogP contribution in [-0.4, -0.2) is 48.3 Å². The summed E-state index contributed by atoms with van der Waals surface area (Å²) < 4.78 is 5.60. The van der Waals surface area contributed by atoms with Crippen LogP contribution in [0.3, 0.4) is 0 Å². The van der Waals surface area contributed by atoms with Gasteiger partial charge in [0.25, 0.3) is 0 Å². The molecule has 0 bridgehead atoms. The molecule has 1 aromatic carbocycles. The number of nitrogens with zero attached hydrogens (tertiary/aromatic N) is 1. The van der Waals surface area contributed by atoms with Gasteiger partial charge < -0.3 is 20.5 Å². The Morgan fingerprint density at radius 3 is 2.81 bits per heavy atom. The van der Waals surface area contributed by atoms with Crippen LogP contribution in [0.15, 0.2) is 24.3 Å². The van der Waals surface area contributed by atoms with E-state index in [-0.39, 0.29) is 18.4 Å². The molecule has 116 valence electrons. The van der Waals surface area contributed by atoms with Gasteiger partial charge in [0.05, 0.1) is 0 Å². The Labute approximate surface area is 125 Å². The van der Waals surface area contributed by atoms with E-state index < -0.39 is 6.10 Å². The molecule has 3 N–H and O–H groups in total. The van der Waals surface area contributed by atoms with Gasteiger partial charge in [-0.15, -0.1) is 0 Å². The number of nitrogens with two attached hydrogens (primary N) is 1. The molecule has 21 heavy (non-hydrogen) atoms. The fraction of sp³-hybridized carbons (Fsp3) is 0.562. The number of amides is 1. The molecule has 1 aromatic rings. The molecular formula is C16H24N2O3. The van der Waals surface area contributed by atoms with Gasteiger partial charge in [-0.3, -0.25) is 4.79 Å². The lowest BCUT2D eigenvalue weighted by molar-refractivity contribution is -0.123. The molecular weight excluding hydrogens is 268 g/mol. The fourth-order valence-corrected chi connectivity index (χ4v) is 2.65. The number of aliphatic hydroxyl groups excluding tert-OH is 1. The summed E-state index contributed by atoms with van der Waals surface area (Å²) in [6.45, 7) is 4.45. The number of carbonyl (C=O) groups excluding carboxylic acids is 1. The number of hydrogen-bond acceptors (Lipinski definition) is 4. The Hall–Kier alpha value is -1.59. The number of likely N-dealkylation sites (tertiary alicyclic amines) is 1. The number of piperidine rings is 1. The number of aryl methyl sites for hydroxylation is 1. The Balaban J connectivity index is 1.70. The smallest absolute Gasteiger partial charge is 0.220 e. The summed E-state index contributed by atoms with van der Waals surface area (Å²) >= 11 is 0. The summed E-state index contributed by atoms with van der Waals surface area (Å²) in [6.07, 6.45) is 1.03. The van der Waals surface area contributed by atoms with Crippen molar-refractivity contribution in [3.8, 4) is 5.75 Å². The number of primary amides is 1. The molecule has 5 nitrogen and oxygen atoms in total. The van der Waals surface area contributed by atoms with Gasteiger partial charge in [0.15, 0.2) is 0 Å². The van der Waals surface area contributed by atoms with Gasteiger partial charge in [0.2, 0.25) is 5.91 Å². The number of carbonyl (C=O) groups is 1. The first-order valence-electron chi connectivity index (χ1n) is 7.44. The van der Waals surface area contributed by atoms with Crippen LogP contribution < -0.4 is 10.5 Å². The zero-order chi connectivity index (χ0) is 15.2. The summed E-state index contributed by atoms with van der Waals surface area (Å²) in [6, 6.07) is 7.78. The highest BCUT2D eigenvalue weighted by Crippen LogP contribution is 2.17. The van der Waals surface area contributed by atoms with Crippen molar-refractivity contribution in [3.63, 3.8) is 0 Å². The van der Waals surface area contributed by atoms with E-state index in [1.54, 1.807) is 0 Å². The number of aliphatic hydroxyl groups is 1. The van der Waals surface area contributed by atoms with Gasteiger partial charge in [0, 0.05) is 12.5 Å². The van der Waals surface area contributed by atoms with Crippen LogP contribution in [0.4, 0.5) is 0 Å². The Kier molecular flexibility index (Phi) is 5.59. The van der Waals surface area contributed by atoms with Crippen LogP contribution in [0.1, 0.15) is 18.4 Å². The maximum absolute atomic E-state index is 11.1. The molecule has 0 radical (unpaired) electrons. The molecule has 0 aromatic heterocycles. The summed E-state index contributed by atoms with van der Waals surface area (Å²) in [5, 5.41) is 10.0. The molecule has 1 heterocycles. The van der Waals surface area contributed by atoms with Gasteiger partial charge in [-0.25, -0.2) is 0 Å². The van der Waals surface area contributed by atoms with Crippen LogP contribution in [0.2, 0.25) is 0 Å². The van der Waals surface area contributed by atoms with Crippen LogP contribution in [0, 0.1) is 12.8 Å². The quantitative estimate of drug-likeness (QED) is 0.818. The van der Waals surface area contributed by atoms with E-state index in [1.807, 2.05) is 31.2 Å². The minimum Gasteiger partial charge on any atom is -0.491 e. The number of benzene rings is 1. The molecule has 1 aliphatic rings. The van der Waals surface area contributed by atoms with Crippen LogP contribution in [0.25, 0.3) is 0 Å². The molecule has 5 heteroatoms. The van der Waals surface area contributed by atoms with Gasteiger partial charge in [-0.1, -0.05) is 12.1 Å². The van der Waals surface area contributed by atoms with Crippen molar-refractivity contribution in [1.82, 2.24) is 4.90 Å². The van der Waals surface area contributed by atoms with Gasteiger partial charge in [-0.05, 0) is 50.6 Å². The summed E-state index contributed by atoms with van der Waals surface area (Å²) in [4.78, 5) is 13.3. The molecule has 1 fully saturated rings. The molecule has 0 spiro atoms. The van der Waals surface area contributed by atoms with E-state index in [0.29, 0.717) is 6.54 Å². The standard InChI is InChI=1S/C16H24N2O3/c1-12-3-2-4-15(9-12)21-11-14(19)10-18-7-5-13(6-8-18)16(17)20/h2-4,9,13-14,19H,5-8,10-11H2,1H3,(H2,17,20)/t14-/m1/s1. The van der Waals surface area contributed by atoms with Crippen molar-refractivity contribution >= 4 is 5.91 Å². The fourth-order valence-electron chi connectivity index (χ4n) is 2.65. The van der Waals surface area contributed by atoms with E-state index in [0.717, 1.165) is 37.2 Å². The zero-order valence-electron chi connectivity index (χ0n) is 12.5. The van der Waals surface area contributed by atoms with Crippen molar-refractivity contribution in [2.75, 3.05) is 26.2 Å². The maximum Gasteiger partial charge on any atom is 0.220 e. The van der Waals surface area contributed by atoms with Crippen LogP contribution >= 0.6 is 0 Å². The molecule has 0 aliphatic carbocycles. The summed E-state index contributed by atoms with van der Waals surface area (Å²) in [5.74, 6) is 0.557. The first-order chi connectivity index (χ1) is 10.0. The highest BCUT2D eigenvalue weighted by Gasteiger charge is 2.24. The second kappa shape index (κ2) is 7.43. The summed E-state index contributed by atoms with van der Waals surface area (Å²) in [5.41, 5.74) is 6.45. The van der Waals surface area contributed by atoms with Crippen LogP contribution in [-0.2, 0) is 4.79 Å². The third kappa shape index (κ3) is 5.02. The Morgan fingerprint density at radius 1 is 1.48 bits per heavy atom. The lowest BCUT2D eigenvalue weighted by Gasteiger charge is -2.31. The lowest BCUT2D eigenvalue weighted by Crippen LogP contribution is -2.43. The number of hydrogen-bond donors (Lipinski definition) is 2. The largest absolute Gasteiger partial charge is 0.491 e. The molecule has 1 amide bonds. The predicted octanol–water partition coefficient (Wildman–Crippen LogP) is 0.932. The van der Waals surface area contributed by atoms with Gasteiger partial charge in [-0.2, -0.15) is 0 Å². The highest BCUT2D eigenvalue weighted by molar-refractivity contribution is 5.76. The monoisotopic (exact) mass is 292 g/mol. The van der Waals surface area contributed by atoms with E-state index in [1.165, 1.54) is 0 Å². The van der Waals surface area contributed by atoms with Crippen molar-refractivity contribution in [3.05, 3.63) is 29.8 Å². The Bertz CT molecular complexity index is 470. The van der Waals surface area contributed by atoms with Crippen molar-refractivity contribution in [2.24, 2.45) is 11.7 Å². The molecule has 0 unspecified atom stereocenters. The SMILES string of the molecule is Cc1cccc(OC[C@H](O)CN2CCC(C(N)=O)CC2)c1. The van der Waals surface area contributed by atoms with Gasteiger partial charge >= 0.3 is 0 Å². The first kappa shape index (κ1) is 15.8. The van der Waals surface area contributed by atoms with Crippen molar-refractivity contribution in [2.45, 2.75) is 25.9 Å². The van der Waals surface area contributed by atoms with E-state index in [9.17, 15) is 9.90 Å². The topological polar surface area (TPSA) is 75.8 Å². The average molecular weight is 292 g/mol. The van der Waals surface area contributed by atoms with Crippen molar-refractivity contribution < 1.29 is 14.6 Å². The minimum absolute atomic E-state index is 0.0121. The molecule has 1 aliphatic heterocycles. The molecule has 2 rings (SSSR count). The molecule has 1 atom stereocenters. The average Bonchev–Trinajstić information content (AvgIpc) is 2.46. The second-order valence-corrected chi connectivity index (χ2v) is 5.76. The molecule has 1 saturated heterocycles.